The largest absolute Gasteiger partial charge is 0.338 e. The quantitative estimate of drug-likeness (QED) is 0.794. The zero-order valence-electron chi connectivity index (χ0n) is 16.1. The topological polar surface area (TPSA) is 57.7 Å². The Bertz CT molecular complexity index is 954. The van der Waals surface area contributed by atoms with Crippen LogP contribution in [0.3, 0.4) is 0 Å². The SMILES string of the molecule is Cc1ccc(N(CCC(=O)N2CCc3ccccc3C2)S(C)(=O)=O)cc1C. The van der Waals surface area contributed by atoms with Gasteiger partial charge in [-0.3, -0.25) is 9.10 Å². The lowest BCUT2D eigenvalue weighted by molar-refractivity contribution is -0.131. The molecule has 1 amide bonds. The molecule has 1 heterocycles. The molecule has 2 aromatic carbocycles. The molecule has 0 N–H and O–H groups in total. The number of carbonyl (C=O) groups excluding carboxylic acids is 1. The highest BCUT2D eigenvalue weighted by Crippen LogP contribution is 2.23. The highest BCUT2D eigenvalue weighted by Gasteiger charge is 2.23. The minimum absolute atomic E-state index is 0.0120. The molecular weight excluding hydrogens is 360 g/mol. The van der Waals surface area contributed by atoms with Crippen molar-refractivity contribution < 1.29 is 13.2 Å². The predicted octanol–water partition coefficient (Wildman–Crippen LogP) is 3.04. The molecule has 144 valence electrons. The van der Waals surface area contributed by atoms with Gasteiger partial charge in [0, 0.05) is 26.1 Å². The molecule has 0 fully saturated rings. The molecule has 0 unspecified atom stereocenters. The maximum atomic E-state index is 12.7. The summed E-state index contributed by atoms with van der Waals surface area (Å²) in [4.78, 5) is 14.5. The molecule has 6 heteroatoms. The minimum Gasteiger partial charge on any atom is -0.338 e. The first kappa shape index (κ1) is 19.4. The van der Waals surface area contributed by atoms with Crippen LogP contribution in [-0.2, 0) is 27.8 Å². The molecule has 0 spiro atoms. The third-order valence-electron chi connectivity index (χ3n) is 5.19. The van der Waals surface area contributed by atoms with Crippen LogP contribution in [-0.4, -0.2) is 38.6 Å². The van der Waals surface area contributed by atoms with Crippen molar-refractivity contribution in [1.82, 2.24) is 4.90 Å². The molecule has 0 radical (unpaired) electrons. The molecule has 1 aliphatic rings. The number of anilines is 1. The lowest BCUT2D eigenvalue weighted by Crippen LogP contribution is -2.39. The van der Waals surface area contributed by atoms with Gasteiger partial charge in [-0.05, 0) is 54.7 Å². The number of nitrogens with zero attached hydrogens (tertiary/aromatic N) is 2. The van der Waals surface area contributed by atoms with Gasteiger partial charge in [0.1, 0.15) is 0 Å². The van der Waals surface area contributed by atoms with Crippen LogP contribution in [0.4, 0.5) is 5.69 Å². The van der Waals surface area contributed by atoms with Crippen LogP contribution in [0.15, 0.2) is 42.5 Å². The monoisotopic (exact) mass is 386 g/mol. The minimum atomic E-state index is -3.46. The highest BCUT2D eigenvalue weighted by atomic mass is 32.2. The van der Waals surface area contributed by atoms with Gasteiger partial charge in [-0.2, -0.15) is 0 Å². The van der Waals surface area contributed by atoms with E-state index in [0.717, 1.165) is 17.5 Å². The van der Waals surface area contributed by atoms with E-state index in [2.05, 4.69) is 6.07 Å². The van der Waals surface area contributed by atoms with Gasteiger partial charge in [0.2, 0.25) is 15.9 Å². The Labute approximate surface area is 161 Å². The van der Waals surface area contributed by atoms with E-state index < -0.39 is 10.0 Å². The number of fused-ring (bicyclic) bond motifs is 1. The first-order valence-electron chi connectivity index (χ1n) is 9.15. The number of sulfonamides is 1. The summed E-state index contributed by atoms with van der Waals surface area (Å²) in [5.74, 6) is -0.0120. The standard InChI is InChI=1S/C21H26N2O3S/c1-16-8-9-20(14-17(16)2)23(27(3,25)26)13-11-21(24)22-12-10-18-6-4-5-7-19(18)15-22/h4-9,14H,10-13,15H2,1-3H3. The Morgan fingerprint density at radius 2 is 1.78 bits per heavy atom. The molecule has 1 aliphatic heterocycles. The first-order chi connectivity index (χ1) is 12.8. The molecule has 0 aromatic heterocycles. The number of hydrogen-bond donors (Lipinski definition) is 0. The highest BCUT2D eigenvalue weighted by molar-refractivity contribution is 7.92. The van der Waals surface area contributed by atoms with Crippen LogP contribution >= 0.6 is 0 Å². The molecule has 0 saturated heterocycles. The Hall–Kier alpha value is -2.34. The summed E-state index contributed by atoms with van der Waals surface area (Å²) in [5, 5.41) is 0. The fraction of sp³-hybridized carbons (Fsp3) is 0.381. The third kappa shape index (κ3) is 4.50. The summed E-state index contributed by atoms with van der Waals surface area (Å²) >= 11 is 0. The number of hydrogen-bond acceptors (Lipinski definition) is 3. The van der Waals surface area contributed by atoms with Crippen molar-refractivity contribution in [2.24, 2.45) is 0 Å². The van der Waals surface area contributed by atoms with Crippen molar-refractivity contribution in [3.8, 4) is 0 Å². The van der Waals surface area contributed by atoms with Crippen molar-refractivity contribution in [2.75, 3.05) is 23.7 Å². The summed E-state index contributed by atoms with van der Waals surface area (Å²) < 4.78 is 25.9. The van der Waals surface area contributed by atoms with Crippen LogP contribution in [0.25, 0.3) is 0 Å². The van der Waals surface area contributed by atoms with Crippen LogP contribution < -0.4 is 4.31 Å². The molecule has 0 atom stereocenters. The molecule has 2 aromatic rings. The predicted molar refractivity (Wildman–Crippen MR) is 108 cm³/mol. The van der Waals surface area contributed by atoms with E-state index in [9.17, 15) is 13.2 Å². The van der Waals surface area contributed by atoms with Gasteiger partial charge in [-0.25, -0.2) is 8.42 Å². The molecule has 0 bridgehead atoms. The van der Waals surface area contributed by atoms with Crippen molar-refractivity contribution in [2.45, 2.75) is 33.2 Å². The van der Waals surface area contributed by atoms with Gasteiger partial charge in [0.05, 0.1) is 11.9 Å². The lowest BCUT2D eigenvalue weighted by atomic mass is 10.00. The fourth-order valence-electron chi connectivity index (χ4n) is 3.43. The summed E-state index contributed by atoms with van der Waals surface area (Å²) in [6, 6.07) is 13.7. The van der Waals surface area contributed by atoms with E-state index in [4.69, 9.17) is 0 Å². The summed E-state index contributed by atoms with van der Waals surface area (Å²) in [7, 11) is -3.46. The molecule has 0 aliphatic carbocycles. The average Bonchev–Trinajstić information content (AvgIpc) is 2.63. The van der Waals surface area contributed by atoms with Gasteiger partial charge in [0.25, 0.3) is 0 Å². The van der Waals surface area contributed by atoms with Crippen LogP contribution in [0, 0.1) is 13.8 Å². The Morgan fingerprint density at radius 1 is 1.07 bits per heavy atom. The van der Waals surface area contributed by atoms with Crippen molar-refractivity contribution >= 4 is 21.6 Å². The summed E-state index contributed by atoms with van der Waals surface area (Å²) in [5.41, 5.74) is 5.20. The fourth-order valence-corrected chi connectivity index (χ4v) is 4.35. The van der Waals surface area contributed by atoms with Gasteiger partial charge >= 0.3 is 0 Å². The van der Waals surface area contributed by atoms with E-state index >= 15 is 0 Å². The van der Waals surface area contributed by atoms with Crippen LogP contribution in [0.5, 0.6) is 0 Å². The maximum absolute atomic E-state index is 12.7. The second-order valence-electron chi connectivity index (χ2n) is 7.19. The van der Waals surface area contributed by atoms with E-state index in [1.165, 1.54) is 21.7 Å². The first-order valence-corrected chi connectivity index (χ1v) is 11.0. The molecule has 5 nitrogen and oxygen atoms in total. The van der Waals surface area contributed by atoms with E-state index in [1.54, 1.807) is 6.07 Å². The number of carbonyl (C=O) groups is 1. The Kier molecular flexibility index (Phi) is 5.56. The lowest BCUT2D eigenvalue weighted by Gasteiger charge is -2.30. The number of rotatable bonds is 5. The second-order valence-corrected chi connectivity index (χ2v) is 9.09. The smallest absolute Gasteiger partial charge is 0.232 e. The zero-order valence-corrected chi connectivity index (χ0v) is 16.9. The molecule has 27 heavy (non-hydrogen) atoms. The van der Waals surface area contributed by atoms with Crippen LogP contribution in [0.1, 0.15) is 28.7 Å². The van der Waals surface area contributed by atoms with Gasteiger partial charge in [-0.15, -0.1) is 0 Å². The zero-order chi connectivity index (χ0) is 19.6. The second kappa shape index (κ2) is 7.72. The van der Waals surface area contributed by atoms with Crippen LogP contribution in [0.2, 0.25) is 0 Å². The maximum Gasteiger partial charge on any atom is 0.232 e. The van der Waals surface area contributed by atoms with Crippen molar-refractivity contribution in [3.63, 3.8) is 0 Å². The number of amides is 1. The molecule has 3 rings (SSSR count). The van der Waals surface area contributed by atoms with Crippen molar-refractivity contribution in [3.05, 3.63) is 64.7 Å². The van der Waals surface area contributed by atoms with E-state index in [1.807, 2.05) is 49.1 Å². The van der Waals surface area contributed by atoms with E-state index in [0.29, 0.717) is 18.8 Å². The van der Waals surface area contributed by atoms with E-state index in [-0.39, 0.29) is 18.9 Å². The molecular formula is C21H26N2O3S. The van der Waals surface area contributed by atoms with Crippen molar-refractivity contribution in [1.29, 1.82) is 0 Å². The van der Waals surface area contributed by atoms with Gasteiger partial charge in [-0.1, -0.05) is 30.3 Å². The summed E-state index contributed by atoms with van der Waals surface area (Å²) in [6.07, 6.45) is 2.20. The normalized spacial score (nSPS) is 14.0. The Balaban J connectivity index is 1.71. The number of aryl methyl sites for hydroxylation is 2. The average molecular weight is 387 g/mol. The summed E-state index contributed by atoms with van der Waals surface area (Å²) in [6.45, 7) is 5.37. The molecule has 0 saturated carbocycles. The Morgan fingerprint density at radius 3 is 2.44 bits per heavy atom. The van der Waals surface area contributed by atoms with Gasteiger partial charge < -0.3 is 4.90 Å². The number of benzene rings is 2. The van der Waals surface area contributed by atoms with Gasteiger partial charge in [0.15, 0.2) is 0 Å². The third-order valence-corrected chi connectivity index (χ3v) is 6.38.